The quantitative estimate of drug-likeness (QED) is 0.801. The van der Waals surface area contributed by atoms with E-state index in [0.29, 0.717) is 34.5 Å². The summed E-state index contributed by atoms with van der Waals surface area (Å²) < 4.78 is 19.1. The van der Waals surface area contributed by atoms with Crippen molar-refractivity contribution in [2.24, 2.45) is 0 Å². The third kappa shape index (κ3) is 5.37. The smallest absolute Gasteiger partial charge is 0.173 e. The van der Waals surface area contributed by atoms with Gasteiger partial charge in [-0.25, -0.2) is 4.39 Å². The maximum atomic E-state index is 13.5. The molecule has 0 saturated carbocycles. The molecule has 0 atom stereocenters. The van der Waals surface area contributed by atoms with Crippen LogP contribution in [0.2, 0.25) is 5.02 Å². The van der Waals surface area contributed by atoms with Crippen molar-refractivity contribution in [3.63, 3.8) is 0 Å². The van der Waals surface area contributed by atoms with E-state index in [0.717, 1.165) is 5.75 Å². The molecule has 0 aliphatic rings. The van der Waals surface area contributed by atoms with Gasteiger partial charge in [0.2, 0.25) is 0 Å². The predicted molar refractivity (Wildman–Crippen MR) is 96.9 cm³/mol. The number of halogens is 2. The van der Waals surface area contributed by atoms with Crippen LogP contribution in [0.25, 0.3) is 0 Å². The molecule has 0 unspecified atom stereocenters. The Kier molecular flexibility index (Phi) is 6.19. The van der Waals surface area contributed by atoms with E-state index in [-0.39, 0.29) is 5.82 Å². The van der Waals surface area contributed by atoms with Crippen LogP contribution in [0, 0.1) is 12.7 Å². The first kappa shape index (κ1) is 17.5. The number of hydrogen-bond donors (Lipinski definition) is 1. The highest BCUT2D eigenvalue weighted by atomic mass is 35.5. The van der Waals surface area contributed by atoms with Crippen molar-refractivity contribution in [2.75, 3.05) is 25.5 Å². The second-order valence-electron chi connectivity index (χ2n) is 5.12. The third-order valence-electron chi connectivity index (χ3n) is 3.28. The van der Waals surface area contributed by atoms with Crippen molar-refractivity contribution in [1.29, 1.82) is 0 Å². The summed E-state index contributed by atoms with van der Waals surface area (Å²) >= 11 is 11.1. The molecular formula is C17H18ClFN2OS. The van der Waals surface area contributed by atoms with Crippen LogP contribution < -0.4 is 10.1 Å². The van der Waals surface area contributed by atoms with Gasteiger partial charge in [-0.1, -0.05) is 17.7 Å². The van der Waals surface area contributed by atoms with E-state index in [1.165, 1.54) is 6.07 Å². The molecular weight excluding hydrogens is 335 g/mol. The van der Waals surface area contributed by atoms with Crippen LogP contribution in [0.3, 0.4) is 0 Å². The molecule has 0 saturated heterocycles. The lowest BCUT2D eigenvalue weighted by Gasteiger charge is -2.21. The van der Waals surface area contributed by atoms with E-state index in [1.54, 1.807) is 31.2 Å². The van der Waals surface area contributed by atoms with Crippen LogP contribution in [0.1, 0.15) is 5.56 Å². The zero-order chi connectivity index (χ0) is 16.8. The molecule has 0 heterocycles. The van der Waals surface area contributed by atoms with Crippen molar-refractivity contribution < 1.29 is 9.13 Å². The number of likely N-dealkylation sites (N-methyl/N-ethyl adjacent to an activating group) is 1. The van der Waals surface area contributed by atoms with E-state index < -0.39 is 0 Å². The minimum Gasteiger partial charge on any atom is -0.492 e. The lowest BCUT2D eigenvalue weighted by molar-refractivity contribution is 0.285. The zero-order valence-electron chi connectivity index (χ0n) is 13.0. The maximum absolute atomic E-state index is 13.5. The first-order valence-corrected chi connectivity index (χ1v) is 7.91. The zero-order valence-corrected chi connectivity index (χ0v) is 14.5. The number of benzene rings is 2. The van der Waals surface area contributed by atoms with E-state index in [1.807, 2.05) is 24.1 Å². The Morgan fingerprint density at radius 3 is 2.61 bits per heavy atom. The molecule has 0 fully saturated rings. The third-order valence-corrected chi connectivity index (χ3v) is 3.94. The number of rotatable bonds is 5. The number of nitrogens with zero attached hydrogens (tertiary/aromatic N) is 1. The molecule has 1 N–H and O–H groups in total. The summed E-state index contributed by atoms with van der Waals surface area (Å²) in [5.41, 5.74) is 1.23. The summed E-state index contributed by atoms with van der Waals surface area (Å²) in [4.78, 5) is 1.84. The topological polar surface area (TPSA) is 24.5 Å². The highest BCUT2D eigenvalue weighted by molar-refractivity contribution is 7.80. The van der Waals surface area contributed by atoms with E-state index in [2.05, 4.69) is 5.32 Å². The molecule has 0 radical (unpaired) electrons. The van der Waals surface area contributed by atoms with Crippen molar-refractivity contribution >= 4 is 34.6 Å². The highest BCUT2D eigenvalue weighted by Crippen LogP contribution is 2.16. The number of hydrogen-bond acceptors (Lipinski definition) is 2. The summed E-state index contributed by atoms with van der Waals surface area (Å²) in [6.45, 7) is 2.79. The normalized spacial score (nSPS) is 10.3. The molecule has 2 aromatic rings. The minimum absolute atomic E-state index is 0.258. The van der Waals surface area contributed by atoms with Gasteiger partial charge in [-0.3, -0.25) is 0 Å². The van der Waals surface area contributed by atoms with Gasteiger partial charge in [0.1, 0.15) is 18.2 Å². The number of ether oxygens (including phenoxy) is 1. The van der Waals surface area contributed by atoms with Crippen molar-refractivity contribution in [3.05, 3.63) is 58.9 Å². The Morgan fingerprint density at radius 1 is 1.26 bits per heavy atom. The van der Waals surface area contributed by atoms with Crippen molar-refractivity contribution in [3.8, 4) is 5.75 Å². The molecule has 2 aromatic carbocycles. The average molecular weight is 353 g/mol. The van der Waals surface area contributed by atoms with Crippen LogP contribution >= 0.6 is 23.8 Å². The number of thiocarbonyl (C=S) groups is 1. The summed E-state index contributed by atoms with van der Waals surface area (Å²) in [6, 6.07) is 12.1. The fourth-order valence-electron chi connectivity index (χ4n) is 1.82. The SMILES string of the molecule is Cc1ccc(NC(=S)N(C)CCOc2ccc(Cl)cc2)cc1F. The Labute approximate surface area is 146 Å². The maximum Gasteiger partial charge on any atom is 0.173 e. The second-order valence-corrected chi connectivity index (χ2v) is 5.94. The van der Waals surface area contributed by atoms with Crippen LogP contribution in [0.5, 0.6) is 5.75 Å². The standard InChI is InChI=1S/C17H18ClFN2OS/c1-12-3-6-14(11-16(12)19)20-17(23)21(2)9-10-22-15-7-4-13(18)5-8-15/h3-8,11H,9-10H2,1-2H3,(H,20,23). The number of nitrogens with one attached hydrogen (secondary N) is 1. The van der Waals surface area contributed by atoms with Gasteiger partial charge in [0.05, 0.1) is 6.54 Å². The largest absolute Gasteiger partial charge is 0.492 e. The number of aryl methyl sites for hydroxylation is 1. The Morgan fingerprint density at radius 2 is 1.96 bits per heavy atom. The molecule has 0 amide bonds. The monoisotopic (exact) mass is 352 g/mol. The second kappa shape index (κ2) is 8.13. The molecule has 0 aliphatic carbocycles. The van der Waals surface area contributed by atoms with Crippen LogP contribution in [-0.4, -0.2) is 30.2 Å². The average Bonchev–Trinajstić information content (AvgIpc) is 2.52. The molecule has 23 heavy (non-hydrogen) atoms. The van der Waals surface area contributed by atoms with Gasteiger partial charge in [-0.15, -0.1) is 0 Å². The summed E-state index contributed by atoms with van der Waals surface area (Å²) in [7, 11) is 1.85. The van der Waals surface area contributed by atoms with Gasteiger partial charge in [0.25, 0.3) is 0 Å². The molecule has 0 aromatic heterocycles. The molecule has 6 heteroatoms. The number of anilines is 1. The highest BCUT2D eigenvalue weighted by Gasteiger charge is 2.06. The summed E-state index contributed by atoms with van der Waals surface area (Å²) in [5, 5.41) is 4.19. The van der Waals surface area contributed by atoms with E-state index in [4.69, 9.17) is 28.6 Å². The Balaban J connectivity index is 1.80. The fourth-order valence-corrected chi connectivity index (χ4v) is 2.16. The lowest BCUT2D eigenvalue weighted by Crippen LogP contribution is -2.34. The fraction of sp³-hybridized carbons (Fsp3) is 0.235. The molecule has 122 valence electrons. The summed E-state index contributed by atoms with van der Waals surface area (Å²) in [6.07, 6.45) is 0. The Hall–Kier alpha value is -1.85. The minimum atomic E-state index is -0.258. The molecule has 2 rings (SSSR count). The van der Waals surface area contributed by atoms with Crippen molar-refractivity contribution in [2.45, 2.75) is 6.92 Å². The predicted octanol–water partition coefficient (Wildman–Crippen LogP) is 4.50. The molecule has 0 aliphatic heterocycles. The van der Waals surface area contributed by atoms with Gasteiger partial charge >= 0.3 is 0 Å². The summed E-state index contributed by atoms with van der Waals surface area (Å²) in [5.74, 6) is 0.494. The Bertz CT molecular complexity index is 679. The first-order valence-electron chi connectivity index (χ1n) is 7.12. The van der Waals surface area contributed by atoms with Crippen molar-refractivity contribution in [1.82, 2.24) is 4.90 Å². The van der Waals surface area contributed by atoms with Gasteiger partial charge in [-0.2, -0.15) is 0 Å². The van der Waals surface area contributed by atoms with Crippen LogP contribution in [0.4, 0.5) is 10.1 Å². The van der Waals surface area contributed by atoms with Gasteiger partial charge in [0.15, 0.2) is 5.11 Å². The van der Waals surface area contributed by atoms with Gasteiger partial charge < -0.3 is 15.0 Å². The van der Waals surface area contributed by atoms with Gasteiger partial charge in [-0.05, 0) is 61.1 Å². The van der Waals surface area contributed by atoms with Crippen LogP contribution in [0.15, 0.2) is 42.5 Å². The molecule has 0 bridgehead atoms. The first-order chi connectivity index (χ1) is 11.0. The van der Waals surface area contributed by atoms with Gasteiger partial charge in [0, 0.05) is 17.8 Å². The lowest BCUT2D eigenvalue weighted by atomic mass is 10.2. The molecule has 3 nitrogen and oxygen atoms in total. The van der Waals surface area contributed by atoms with E-state index >= 15 is 0 Å². The van der Waals surface area contributed by atoms with Crippen LogP contribution in [-0.2, 0) is 0 Å². The van der Waals surface area contributed by atoms with E-state index in [9.17, 15) is 4.39 Å². The molecule has 0 spiro atoms.